The summed E-state index contributed by atoms with van der Waals surface area (Å²) in [6, 6.07) is 5.50. The van der Waals surface area contributed by atoms with Gasteiger partial charge in [-0.05, 0) is 12.1 Å². The van der Waals surface area contributed by atoms with Crippen LogP contribution in [-0.4, -0.2) is 23.3 Å². The highest BCUT2D eigenvalue weighted by atomic mass is 79.9. The quantitative estimate of drug-likeness (QED) is 0.777. The molecule has 2 heterocycles. The maximum absolute atomic E-state index is 12.4. The van der Waals surface area contributed by atoms with Gasteiger partial charge in [-0.15, -0.1) is 0 Å². The van der Waals surface area contributed by atoms with E-state index in [0.717, 1.165) is 21.1 Å². The molecule has 1 N–H and O–H groups in total. The minimum Gasteiger partial charge on any atom is -0.435 e. The number of carbonyl (C=O) groups is 1. The van der Waals surface area contributed by atoms with Crippen molar-refractivity contribution in [2.75, 3.05) is 6.54 Å². The van der Waals surface area contributed by atoms with E-state index in [1.54, 1.807) is 12.1 Å². The van der Waals surface area contributed by atoms with Gasteiger partial charge in [0.2, 0.25) is 0 Å². The number of aromatic nitrogens is 1. The zero-order valence-corrected chi connectivity index (χ0v) is 13.1. The number of carbonyl (C=O) groups excluding carboxylic acids is 1. The zero-order valence-electron chi connectivity index (χ0n) is 11.5. The van der Waals surface area contributed by atoms with Gasteiger partial charge >= 0.3 is 12.1 Å². The van der Waals surface area contributed by atoms with E-state index >= 15 is 0 Å². The van der Waals surface area contributed by atoms with Gasteiger partial charge in [-0.25, -0.2) is 4.79 Å². The van der Waals surface area contributed by atoms with Crippen molar-refractivity contribution in [3.05, 3.63) is 33.9 Å². The Bertz CT molecular complexity index is 755. The van der Waals surface area contributed by atoms with Crippen LogP contribution in [-0.2, 0) is 23.0 Å². The van der Waals surface area contributed by atoms with Crippen LogP contribution in [0.1, 0.15) is 17.5 Å². The van der Waals surface area contributed by atoms with Gasteiger partial charge in [0.15, 0.2) is 6.23 Å². The molecule has 118 valence electrons. The van der Waals surface area contributed by atoms with E-state index < -0.39 is 18.4 Å². The van der Waals surface area contributed by atoms with Crippen molar-refractivity contribution >= 4 is 32.8 Å². The normalized spacial score (nSPS) is 18.3. The third-order valence-electron chi connectivity index (χ3n) is 3.74. The zero-order chi connectivity index (χ0) is 16.1. The summed E-state index contributed by atoms with van der Waals surface area (Å²) in [5.41, 5.74) is 2.33. The fourth-order valence-electron chi connectivity index (χ4n) is 2.78. The highest BCUT2D eigenvalue weighted by molar-refractivity contribution is 9.10. The molecule has 1 aliphatic rings. The molecule has 0 aliphatic carbocycles. The fraction of sp³-hybridized carbons (Fsp3) is 0.357. The number of fused-ring (bicyclic) bond motifs is 3. The number of hydrogen-bond donors (Lipinski definition) is 1. The van der Waals surface area contributed by atoms with Crippen molar-refractivity contribution in [2.45, 2.75) is 18.8 Å². The third kappa shape index (κ3) is 2.50. The van der Waals surface area contributed by atoms with Crippen LogP contribution in [0, 0.1) is 0 Å². The number of ether oxygens (including phenoxy) is 1. The minimum atomic E-state index is -5.01. The maximum atomic E-state index is 12.4. The Labute approximate surface area is 132 Å². The van der Waals surface area contributed by atoms with Crippen LogP contribution in [0.2, 0.25) is 0 Å². The molecular weight excluding hydrogens is 365 g/mol. The number of benzene rings is 1. The molecular formula is C14H12BrF3N2O2. The summed E-state index contributed by atoms with van der Waals surface area (Å²) in [4.78, 5) is 11.1. The fourth-order valence-corrected chi connectivity index (χ4v) is 3.13. The Morgan fingerprint density at radius 2 is 2.18 bits per heavy atom. The average molecular weight is 377 g/mol. The average Bonchev–Trinajstić information content (AvgIpc) is 2.72. The lowest BCUT2D eigenvalue weighted by Crippen LogP contribution is -2.37. The van der Waals surface area contributed by atoms with Gasteiger partial charge in [0.05, 0.1) is 0 Å². The molecule has 1 aliphatic heterocycles. The van der Waals surface area contributed by atoms with Gasteiger partial charge in [-0.3, -0.25) is 5.32 Å². The van der Waals surface area contributed by atoms with E-state index in [0.29, 0.717) is 18.5 Å². The number of halogens is 4. The number of hydrogen-bond acceptors (Lipinski definition) is 3. The van der Waals surface area contributed by atoms with Crippen molar-refractivity contribution in [1.29, 1.82) is 0 Å². The Hall–Kier alpha value is -1.54. The number of nitrogens with one attached hydrogen (secondary N) is 1. The Morgan fingerprint density at radius 1 is 1.45 bits per heavy atom. The molecule has 1 aromatic carbocycles. The SMILES string of the molecule is Cn1c2c(c3ccc(Br)cc31)C(OC(=O)C(F)(F)F)NCC2. The van der Waals surface area contributed by atoms with Crippen molar-refractivity contribution < 1.29 is 22.7 Å². The minimum absolute atomic E-state index is 0.439. The smallest absolute Gasteiger partial charge is 0.435 e. The number of aryl methyl sites for hydroxylation is 1. The molecule has 0 fully saturated rings. The second-order valence-corrected chi connectivity index (χ2v) is 5.98. The first-order chi connectivity index (χ1) is 10.3. The number of esters is 1. The predicted octanol–water partition coefficient (Wildman–Crippen LogP) is 3.19. The summed E-state index contributed by atoms with van der Waals surface area (Å²) in [7, 11) is 1.85. The first-order valence-corrected chi connectivity index (χ1v) is 7.36. The Balaban J connectivity index is 2.08. The first-order valence-electron chi connectivity index (χ1n) is 6.57. The van der Waals surface area contributed by atoms with Gasteiger partial charge < -0.3 is 9.30 Å². The summed E-state index contributed by atoms with van der Waals surface area (Å²) in [6.45, 7) is 0.439. The largest absolute Gasteiger partial charge is 0.490 e. The van der Waals surface area contributed by atoms with Crippen molar-refractivity contribution in [3.8, 4) is 0 Å². The van der Waals surface area contributed by atoms with Crippen LogP contribution in [0.5, 0.6) is 0 Å². The number of nitrogens with zero attached hydrogens (tertiary/aromatic N) is 1. The molecule has 1 unspecified atom stereocenters. The molecule has 4 nitrogen and oxygen atoms in total. The third-order valence-corrected chi connectivity index (χ3v) is 4.23. The standard InChI is InChI=1S/C14H12BrF3N2O2/c1-20-9-4-5-19-12(22-13(21)14(16,17)18)11(9)8-3-2-7(15)6-10(8)20/h2-3,6,12,19H,4-5H2,1H3. The van der Waals surface area contributed by atoms with Gasteiger partial charge in [0.25, 0.3) is 0 Å². The molecule has 1 aromatic heterocycles. The number of rotatable bonds is 1. The summed E-state index contributed by atoms with van der Waals surface area (Å²) < 4.78 is 44.7. The lowest BCUT2D eigenvalue weighted by molar-refractivity contribution is -0.207. The van der Waals surface area contributed by atoms with E-state index in [-0.39, 0.29) is 0 Å². The molecule has 0 bridgehead atoms. The summed E-state index contributed by atoms with van der Waals surface area (Å²) >= 11 is 3.38. The highest BCUT2D eigenvalue weighted by Crippen LogP contribution is 2.36. The summed E-state index contributed by atoms with van der Waals surface area (Å²) in [5, 5.41) is 3.60. The Morgan fingerprint density at radius 3 is 2.86 bits per heavy atom. The molecule has 0 amide bonds. The van der Waals surface area contributed by atoms with E-state index in [2.05, 4.69) is 26.0 Å². The van der Waals surface area contributed by atoms with Crippen LogP contribution in [0.4, 0.5) is 13.2 Å². The lowest BCUT2D eigenvalue weighted by Gasteiger charge is -2.25. The molecule has 0 spiro atoms. The van der Waals surface area contributed by atoms with Crippen LogP contribution >= 0.6 is 15.9 Å². The van der Waals surface area contributed by atoms with Crippen molar-refractivity contribution in [2.24, 2.45) is 7.05 Å². The second kappa shape index (κ2) is 5.27. The van der Waals surface area contributed by atoms with Gasteiger partial charge in [0, 0.05) is 46.6 Å². The van der Waals surface area contributed by atoms with E-state index in [1.165, 1.54) is 0 Å². The number of alkyl halides is 3. The second-order valence-electron chi connectivity index (χ2n) is 5.07. The van der Waals surface area contributed by atoms with Crippen LogP contribution in [0.25, 0.3) is 10.9 Å². The van der Waals surface area contributed by atoms with Gasteiger partial charge in [-0.1, -0.05) is 22.0 Å². The molecule has 0 saturated carbocycles. The predicted molar refractivity (Wildman–Crippen MR) is 77.2 cm³/mol. The molecule has 0 saturated heterocycles. The topological polar surface area (TPSA) is 43.3 Å². The van der Waals surface area contributed by atoms with Crippen LogP contribution in [0.15, 0.2) is 22.7 Å². The summed E-state index contributed by atoms with van der Waals surface area (Å²) in [5.74, 6) is -2.19. The first kappa shape index (κ1) is 15.4. The maximum Gasteiger partial charge on any atom is 0.490 e. The van der Waals surface area contributed by atoms with Crippen LogP contribution in [0.3, 0.4) is 0 Å². The molecule has 8 heteroatoms. The monoisotopic (exact) mass is 376 g/mol. The Kier molecular flexibility index (Phi) is 3.68. The van der Waals surface area contributed by atoms with Crippen molar-refractivity contribution in [3.63, 3.8) is 0 Å². The molecule has 22 heavy (non-hydrogen) atoms. The van der Waals surface area contributed by atoms with E-state index in [4.69, 9.17) is 0 Å². The molecule has 0 radical (unpaired) electrons. The summed E-state index contributed by atoms with van der Waals surface area (Å²) in [6.07, 6.45) is -5.45. The highest BCUT2D eigenvalue weighted by Gasteiger charge is 2.43. The van der Waals surface area contributed by atoms with E-state index in [1.807, 2.05) is 17.7 Å². The van der Waals surface area contributed by atoms with Gasteiger partial charge in [-0.2, -0.15) is 13.2 Å². The van der Waals surface area contributed by atoms with Crippen molar-refractivity contribution in [1.82, 2.24) is 9.88 Å². The van der Waals surface area contributed by atoms with Crippen LogP contribution < -0.4 is 5.32 Å². The molecule has 1 atom stereocenters. The molecule has 3 rings (SSSR count). The lowest BCUT2D eigenvalue weighted by atomic mass is 10.0. The molecule has 2 aromatic rings. The van der Waals surface area contributed by atoms with E-state index in [9.17, 15) is 18.0 Å². The van der Waals surface area contributed by atoms with Gasteiger partial charge in [0.1, 0.15) is 0 Å².